The van der Waals surface area contributed by atoms with Crippen LogP contribution in [0.5, 0.6) is 5.75 Å². The number of nitrogens with zero attached hydrogens (tertiary/aromatic N) is 1. The molecule has 3 rings (SSSR count). The summed E-state index contributed by atoms with van der Waals surface area (Å²) in [5.74, 6) is -3.32. The molecule has 0 aromatic heterocycles. The minimum Gasteiger partial charge on any atom is -0.492 e. The number of nitrogens with one attached hydrogen (secondary N) is 1. The number of hydrogen-bond acceptors (Lipinski definition) is 5. The van der Waals surface area contributed by atoms with Gasteiger partial charge < -0.3 is 24.8 Å². The van der Waals surface area contributed by atoms with Crippen molar-refractivity contribution in [2.24, 2.45) is 0 Å². The molecular formula is C20H25F3N2O5. The van der Waals surface area contributed by atoms with Gasteiger partial charge in [-0.1, -0.05) is 0 Å². The van der Waals surface area contributed by atoms with Gasteiger partial charge >= 0.3 is 18.1 Å². The number of carbonyl (C=O) groups is 2. The Labute approximate surface area is 172 Å². The van der Waals surface area contributed by atoms with Gasteiger partial charge in [-0.05, 0) is 51.3 Å². The fourth-order valence-electron chi connectivity index (χ4n) is 3.86. The summed E-state index contributed by atoms with van der Waals surface area (Å²) in [6.07, 6.45) is -2.93. The summed E-state index contributed by atoms with van der Waals surface area (Å²) in [6, 6.07) is 2.95. The molecule has 1 atom stereocenters. The highest BCUT2D eigenvalue weighted by molar-refractivity contribution is 6.04. The number of aromatic carboxylic acids is 1. The summed E-state index contributed by atoms with van der Waals surface area (Å²) < 4.78 is 51.1. The Bertz CT molecular complexity index is 787. The second kappa shape index (κ2) is 8.81. The lowest BCUT2D eigenvalue weighted by Crippen LogP contribution is -2.50. The Morgan fingerprint density at radius 2 is 2.03 bits per heavy atom. The van der Waals surface area contributed by atoms with E-state index in [1.165, 1.54) is 18.2 Å². The third kappa shape index (κ3) is 5.04. The van der Waals surface area contributed by atoms with E-state index in [4.69, 9.17) is 9.47 Å². The number of carboxylic acids is 1. The quantitative estimate of drug-likeness (QED) is 0.722. The first-order valence-electron chi connectivity index (χ1n) is 9.84. The van der Waals surface area contributed by atoms with Crippen molar-refractivity contribution in [3.05, 3.63) is 23.8 Å². The van der Waals surface area contributed by atoms with Crippen LogP contribution >= 0.6 is 0 Å². The van der Waals surface area contributed by atoms with Gasteiger partial charge in [-0.3, -0.25) is 4.79 Å². The number of benzene rings is 1. The van der Waals surface area contributed by atoms with Gasteiger partial charge in [0.15, 0.2) is 0 Å². The van der Waals surface area contributed by atoms with E-state index >= 15 is 0 Å². The first kappa shape index (κ1) is 22.4. The summed E-state index contributed by atoms with van der Waals surface area (Å²) in [6.45, 7) is 3.47. The molecule has 2 fully saturated rings. The van der Waals surface area contributed by atoms with Gasteiger partial charge in [-0.2, -0.15) is 13.2 Å². The maximum atomic E-state index is 13.4. The van der Waals surface area contributed by atoms with Gasteiger partial charge in [0, 0.05) is 30.9 Å². The Morgan fingerprint density at radius 3 is 2.60 bits per heavy atom. The number of ether oxygens (including phenoxy) is 2. The van der Waals surface area contributed by atoms with Crippen LogP contribution < -0.4 is 15.0 Å². The van der Waals surface area contributed by atoms with E-state index in [9.17, 15) is 27.9 Å². The summed E-state index contributed by atoms with van der Waals surface area (Å²) in [4.78, 5) is 24.6. The smallest absolute Gasteiger partial charge is 0.471 e. The molecular weight excluding hydrogens is 405 g/mol. The number of carbonyl (C=O) groups excluding carboxylic acids is 1. The summed E-state index contributed by atoms with van der Waals surface area (Å²) in [7, 11) is 0. The van der Waals surface area contributed by atoms with Crippen LogP contribution in [-0.2, 0) is 9.53 Å². The van der Waals surface area contributed by atoms with Crippen molar-refractivity contribution in [1.29, 1.82) is 0 Å². The molecule has 0 unspecified atom stereocenters. The van der Waals surface area contributed by atoms with Crippen molar-refractivity contribution >= 4 is 17.6 Å². The summed E-state index contributed by atoms with van der Waals surface area (Å²) in [5, 5.41) is 12.9. The Hall–Kier alpha value is -2.33. The van der Waals surface area contributed by atoms with Crippen molar-refractivity contribution in [3.8, 4) is 5.75 Å². The Kier molecular flexibility index (Phi) is 6.56. The SMILES string of the molecule is C[C@@]1(COc2ccc(C(=O)O)c(N(C(=O)C(F)(F)F)C3CCOCC3)c2)CCCN1. The maximum Gasteiger partial charge on any atom is 0.471 e. The van der Waals surface area contributed by atoms with Gasteiger partial charge in [0.05, 0.1) is 11.3 Å². The molecule has 0 bridgehead atoms. The number of amides is 1. The number of anilines is 1. The molecule has 2 heterocycles. The van der Waals surface area contributed by atoms with E-state index in [1.54, 1.807) is 0 Å². The first-order chi connectivity index (χ1) is 14.1. The summed E-state index contributed by atoms with van der Waals surface area (Å²) in [5.41, 5.74) is -0.983. The standard InChI is InChI=1S/C20H25F3N2O5/c1-19(7-2-8-24-19)12-30-14-3-4-15(17(26)27)16(11-14)25(18(28)20(21,22)23)13-5-9-29-10-6-13/h3-4,11,13,24H,2,5-10,12H2,1H3,(H,26,27)/t19-/m0/s1. The Balaban J connectivity index is 1.96. The molecule has 10 heteroatoms. The highest BCUT2D eigenvalue weighted by atomic mass is 19.4. The van der Waals surface area contributed by atoms with Crippen molar-refractivity contribution < 1.29 is 37.3 Å². The highest BCUT2D eigenvalue weighted by Crippen LogP contribution is 2.34. The maximum absolute atomic E-state index is 13.4. The van der Waals surface area contributed by atoms with Crippen LogP contribution in [0.25, 0.3) is 0 Å². The van der Waals surface area contributed by atoms with Crippen molar-refractivity contribution in [3.63, 3.8) is 0 Å². The lowest BCUT2D eigenvalue weighted by molar-refractivity contribution is -0.171. The fourth-order valence-corrected chi connectivity index (χ4v) is 3.86. The van der Waals surface area contributed by atoms with Crippen LogP contribution in [0, 0.1) is 0 Å². The summed E-state index contributed by atoms with van der Waals surface area (Å²) >= 11 is 0. The molecule has 0 radical (unpaired) electrons. The van der Waals surface area contributed by atoms with E-state index in [-0.39, 0.29) is 49.6 Å². The molecule has 30 heavy (non-hydrogen) atoms. The van der Waals surface area contributed by atoms with Crippen LogP contribution in [-0.4, -0.2) is 61.1 Å². The molecule has 2 aliphatic heterocycles. The van der Waals surface area contributed by atoms with Gasteiger partial charge in [0.25, 0.3) is 0 Å². The van der Waals surface area contributed by atoms with Gasteiger partial charge in [0.1, 0.15) is 12.4 Å². The van der Waals surface area contributed by atoms with Gasteiger partial charge in [0.2, 0.25) is 0 Å². The minimum atomic E-state index is -5.15. The van der Waals surface area contributed by atoms with Crippen molar-refractivity contribution in [1.82, 2.24) is 5.32 Å². The van der Waals surface area contributed by atoms with E-state index in [2.05, 4.69) is 5.32 Å². The van der Waals surface area contributed by atoms with Crippen molar-refractivity contribution in [2.75, 3.05) is 31.3 Å². The average molecular weight is 430 g/mol. The lowest BCUT2D eigenvalue weighted by Gasteiger charge is -2.35. The monoisotopic (exact) mass is 430 g/mol. The molecule has 2 aliphatic rings. The topological polar surface area (TPSA) is 88.1 Å². The first-order valence-corrected chi connectivity index (χ1v) is 9.84. The molecule has 2 N–H and O–H groups in total. The molecule has 7 nitrogen and oxygen atoms in total. The largest absolute Gasteiger partial charge is 0.492 e. The normalized spacial score (nSPS) is 22.7. The lowest BCUT2D eigenvalue weighted by atomic mass is 10.0. The van der Waals surface area contributed by atoms with Crippen LogP contribution in [0.1, 0.15) is 43.0 Å². The molecule has 2 saturated heterocycles. The second-order valence-electron chi connectivity index (χ2n) is 7.88. The molecule has 0 spiro atoms. The van der Waals surface area contributed by atoms with E-state index in [0.29, 0.717) is 4.90 Å². The molecule has 1 aromatic carbocycles. The molecule has 1 amide bonds. The highest BCUT2D eigenvalue weighted by Gasteiger charge is 2.46. The molecule has 1 aromatic rings. The van der Waals surface area contributed by atoms with Crippen molar-refractivity contribution in [2.45, 2.75) is 50.4 Å². The molecule has 0 saturated carbocycles. The number of alkyl halides is 3. The fraction of sp³-hybridized carbons (Fsp3) is 0.600. The van der Waals surface area contributed by atoms with E-state index in [0.717, 1.165) is 19.4 Å². The number of hydrogen-bond donors (Lipinski definition) is 2. The Morgan fingerprint density at radius 1 is 1.33 bits per heavy atom. The van der Waals surface area contributed by atoms with E-state index in [1.807, 2.05) is 6.92 Å². The zero-order valence-electron chi connectivity index (χ0n) is 16.6. The zero-order valence-corrected chi connectivity index (χ0v) is 16.6. The predicted octanol–water partition coefficient (Wildman–Crippen LogP) is 2.98. The zero-order chi connectivity index (χ0) is 21.9. The van der Waals surface area contributed by atoms with Crippen LogP contribution in [0.2, 0.25) is 0 Å². The third-order valence-corrected chi connectivity index (χ3v) is 5.49. The van der Waals surface area contributed by atoms with Crippen LogP contribution in [0.3, 0.4) is 0 Å². The van der Waals surface area contributed by atoms with E-state index < -0.39 is 29.7 Å². The third-order valence-electron chi connectivity index (χ3n) is 5.49. The van der Waals surface area contributed by atoms with Gasteiger partial charge in [-0.15, -0.1) is 0 Å². The second-order valence-corrected chi connectivity index (χ2v) is 7.88. The molecule has 0 aliphatic carbocycles. The average Bonchev–Trinajstić information content (AvgIpc) is 3.13. The predicted molar refractivity (Wildman–Crippen MR) is 102 cm³/mol. The van der Waals surface area contributed by atoms with Crippen LogP contribution in [0.15, 0.2) is 18.2 Å². The number of halogens is 3. The molecule has 166 valence electrons. The number of rotatable bonds is 6. The number of carboxylic acid groups (broad SMARTS) is 1. The van der Waals surface area contributed by atoms with Gasteiger partial charge in [-0.25, -0.2) is 4.79 Å². The van der Waals surface area contributed by atoms with Crippen LogP contribution in [0.4, 0.5) is 18.9 Å². The minimum absolute atomic E-state index is 0.175.